The molecular weight excluding hydrogens is 324 g/mol. The van der Waals surface area contributed by atoms with Crippen molar-refractivity contribution in [3.05, 3.63) is 83.7 Å². The highest BCUT2D eigenvalue weighted by Gasteiger charge is 2.09. The molecule has 0 atom stereocenters. The molecule has 5 nitrogen and oxygen atoms in total. The van der Waals surface area contributed by atoms with Gasteiger partial charge in [0.2, 0.25) is 5.88 Å². The number of aromatic nitrogens is 3. The fourth-order valence-electron chi connectivity index (χ4n) is 3.03. The van der Waals surface area contributed by atoms with Gasteiger partial charge >= 0.3 is 0 Å². The largest absolute Gasteiger partial charge is 0.481 e. The zero-order chi connectivity index (χ0) is 17.9. The van der Waals surface area contributed by atoms with E-state index < -0.39 is 0 Å². The number of ether oxygens (including phenoxy) is 1. The number of hydrogen-bond acceptors (Lipinski definition) is 4. The lowest BCUT2D eigenvalue weighted by atomic mass is 9.98. The molecule has 0 saturated heterocycles. The summed E-state index contributed by atoms with van der Waals surface area (Å²) in [5, 5.41) is 13.6. The summed E-state index contributed by atoms with van der Waals surface area (Å²) in [7, 11) is 1.61. The molecule has 0 aliphatic carbocycles. The Morgan fingerprint density at radius 1 is 1.08 bits per heavy atom. The average molecular weight is 340 g/mol. The second kappa shape index (κ2) is 6.69. The molecule has 0 aliphatic rings. The predicted molar refractivity (Wildman–Crippen MR) is 98.9 cm³/mol. The number of rotatable bonds is 4. The first kappa shape index (κ1) is 15.9. The third-order valence-electron chi connectivity index (χ3n) is 4.32. The maximum atomic E-state index is 9.28. The van der Waals surface area contributed by atoms with Crippen molar-refractivity contribution in [3.63, 3.8) is 0 Å². The van der Waals surface area contributed by atoms with Gasteiger partial charge in [-0.2, -0.15) is 15.3 Å². The summed E-state index contributed by atoms with van der Waals surface area (Å²) < 4.78 is 7.11. The number of nitriles is 1. The smallest absolute Gasteiger partial charge is 0.216 e. The van der Waals surface area contributed by atoms with E-state index in [1.807, 2.05) is 53.0 Å². The van der Waals surface area contributed by atoms with E-state index in [1.54, 1.807) is 13.3 Å². The molecule has 2 aromatic carbocycles. The third-order valence-corrected chi connectivity index (χ3v) is 4.32. The van der Waals surface area contributed by atoms with E-state index in [-0.39, 0.29) is 0 Å². The number of benzene rings is 2. The van der Waals surface area contributed by atoms with Crippen LogP contribution in [0.3, 0.4) is 0 Å². The van der Waals surface area contributed by atoms with Crippen molar-refractivity contribution in [1.29, 1.82) is 5.26 Å². The molecule has 0 aliphatic heterocycles. The lowest BCUT2D eigenvalue weighted by Gasteiger charge is -2.09. The summed E-state index contributed by atoms with van der Waals surface area (Å²) in [6.45, 7) is 0. The van der Waals surface area contributed by atoms with Crippen molar-refractivity contribution >= 4 is 5.65 Å². The molecule has 0 amide bonds. The van der Waals surface area contributed by atoms with E-state index in [0.29, 0.717) is 17.9 Å². The van der Waals surface area contributed by atoms with Crippen molar-refractivity contribution in [1.82, 2.24) is 14.6 Å². The molecule has 26 heavy (non-hydrogen) atoms. The van der Waals surface area contributed by atoms with Crippen LogP contribution in [-0.4, -0.2) is 21.7 Å². The Labute approximate surface area is 151 Å². The molecule has 4 aromatic rings. The van der Waals surface area contributed by atoms with Gasteiger partial charge in [0, 0.05) is 18.6 Å². The molecule has 0 radical (unpaired) electrons. The highest BCUT2D eigenvalue weighted by molar-refractivity contribution is 5.70. The summed E-state index contributed by atoms with van der Waals surface area (Å²) in [6, 6.07) is 21.9. The minimum atomic E-state index is 0.576. The van der Waals surface area contributed by atoms with E-state index in [4.69, 9.17) is 4.74 Å². The quantitative estimate of drug-likeness (QED) is 0.566. The van der Waals surface area contributed by atoms with Gasteiger partial charge in [-0.15, -0.1) is 0 Å². The van der Waals surface area contributed by atoms with Gasteiger partial charge in [-0.3, -0.25) is 0 Å². The Kier molecular flexibility index (Phi) is 4.08. The molecule has 0 spiro atoms. The van der Waals surface area contributed by atoms with Gasteiger partial charge in [-0.25, -0.2) is 4.52 Å². The molecule has 0 bridgehead atoms. The van der Waals surface area contributed by atoms with Crippen LogP contribution in [0.2, 0.25) is 0 Å². The maximum absolute atomic E-state index is 9.28. The van der Waals surface area contributed by atoms with Crippen LogP contribution < -0.4 is 4.74 Å². The molecule has 126 valence electrons. The highest BCUT2D eigenvalue weighted by atomic mass is 16.5. The van der Waals surface area contributed by atoms with Gasteiger partial charge in [0.05, 0.1) is 30.6 Å². The first-order valence-corrected chi connectivity index (χ1v) is 8.24. The van der Waals surface area contributed by atoms with Gasteiger partial charge in [-0.1, -0.05) is 42.5 Å². The van der Waals surface area contributed by atoms with Crippen LogP contribution in [0.25, 0.3) is 16.8 Å². The molecule has 2 heterocycles. The predicted octanol–water partition coefficient (Wildman–Crippen LogP) is 3.87. The lowest BCUT2D eigenvalue weighted by molar-refractivity contribution is 0.397. The molecule has 0 unspecified atom stereocenters. The van der Waals surface area contributed by atoms with Crippen LogP contribution in [-0.2, 0) is 6.42 Å². The number of hydrogen-bond donors (Lipinski definition) is 0. The second-order valence-corrected chi connectivity index (χ2v) is 5.92. The number of fused-ring (bicyclic) bond motifs is 1. The van der Waals surface area contributed by atoms with Crippen LogP contribution in [0.4, 0.5) is 0 Å². The van der Waals surface area contributed by atoms with Crippen molar-refractivity contribution in [3.8, 4) is 23.1 Å². The monoisotopic (exact) mass is 340 g/mol. The fraction of sp³-hybridized carbons (Fsp3) is 0.0952. The van der Waals surface area contributed by atoms with Gasteiger partial charge in [0.1, 0.15) is 0 Å². The minimum absolute atomic E-state index is 0.576. The van der Waals surface area contributed by atoms with Crippen molar-refractivity contribution in [2.45, 2.75) is 6.42 Å². The lowest BCUT2D eigenvalue weighted by Crippen LogP contribution is -2.03. The summed E-state index contributed by atoms with van der Waals surface area (Å²) in [4.78, 5) is 4.38. The minimum Gasteiger partial charge on any atom is -0.481 e. The maximum Gasteiger partial charge on any atom is 0.216 e. The van der Waals surface area contributed by atoms with E-state index in [1.165, 1.54) is 0 Å². The van der Waals surface area contributed by atoms with E-state index in [0.717, 1.165) is 28.0 Å². The number of nitrogens with zero attached hydrogens (tertiary/aromatic N) is 4. The highest BCUT2D eigenvalue weighted by Crippen LogP contribution is 2.24. The van der Waals surface area contributed by atoms with E-state index in [9.17, 15) is 5.26 Å². The molecule has 0 N–H and O–H groups in total. The molecule has 0 saturated carbocycles. The fourth-order valence-corrected chi connectivity index (χ4v) is 3.03. The molecular formula is C21H16N4O. The topological polar surface area (TPSA) is 63.2 Å². The molecule has 4 rings (SSSR count). The van der Waals surface area contributed by atoms with Crippen LogP contribution in [0.1, 0.15) is 16.8 Å². The van der Waals surface area contributed by atoms with Crippen LogP contribution in [0.5, 0.6) is 5.88 Å². The van der Waals surface area contributed by atoms with E-state index in [2.05, 4.69) is 28.3 Å². The average Bonchev–Trinajstić information content (AvgIpc) is 3.17. The Morgan fingerprint density at radius 2 is 1.88 bits per heavy atom. The second-order valence-electron chi connectivity index (χ2n) is 5.92. The van der Waals surface area contributed by atoms with Crippen molar-refractivity contribution in [2.24, 2.45) is 0 Å². The SMILES string of the molecule is COc1cc(Cc2ccc(-c3ccccc3C#N)cc2)n2nccc2n1. The summed E-state index contributed by atoms with van der Waals surface area (Å²) >= 11 is 0. The summed E-state index contributed by atoms with van der Waals surface area (Å²) in [6.07, 6.45) is 2.43. The zero-order valence-corrected chi connectivity index (χ0v) is 14.3. The molecule has 2 aromatic heterocycles. The third kappa shape index (κ3) is 2.89. The zero-order valence-electron chi connectivity index (χ0n) is 14.3. The van der Waals surface area contributed by atoms with Crippen LogP contribution in [0.15, 0.2) is 66.9 Å². The summed E-state index contributed by atoms with van der Waals surface area (Å²) in [5.74, 6) is 0.576. The first-order chi connectivity index (χ1) is 12.8. The first-order valence-electron chi connectivity index (χ1n) is 8.24. The molecule has 0 fully saturated rings. The Hall–Kier alpha value is -3.65. The van der Waals surface area contributed by atoms with Crippen LogP contribution >= 0.6 is 0 Å². The van der Waals surface area contributed by atoms with E-state index >= 15 is 0 Å². The molecule has 5 heteroatoms. The van der Waals surface area contributed by atoms with Crippen molar-refractivity contribution in [2.75, 3.05) is 7.11 Å². The van der Waals surface area contributed by atoms with Gasteiger partial charge in [0.15, 0.2) is 5.65 Å². The Bertz CT molecular complexity index is 1110. The van der Waals surface area contributed by atoms with Gasteiger partial charge < -0.3 is 4.74 Å². The Morgan fingerprint density at radius 3 is 2.65 bits per heavy atom. The standard InChI is InChI=1S/C21H16N4O/c1-26-21-13-18(25-20(24-21)10-11-23-25)12-15-6-8-16(9-7-15)19-5-3-2-4-17(19)14-22/h2-11,13H,12H2,1H3. The Balaban J connectivity index is 1.67. The van der Waals surface area contributed by atoms with Gasteiger partial charge in [0.25, 0.3) is 0 Å². The number of methoxy groups -OCH3 is 1. The van der Waals surface area contributed by atoms with Crippen LogP contribution in [0, 0.1) is 11.3 Å². The van der Waals surface area contributed by atoms with Gasteiger partial charge in [-0.05, 0) is 22.8 Å². The summed E-state index contributed by atoms with van der Waals surface area (Å²) in [5.41, 5.74) is 5.57. The normalized spacial score (nSPS) is 10.6. The van der Waals surface area contributed by atoms with Crippen molar-refractivity contribution < 1.29 is 4.74 Å².